The summed E-state index contributed by atoms with van der Waals surface area (Å²) in [6.07, 6.45) is -0.462. The number of benzene rings is 2. The summed E-state index contributed by atoms with van der Waals surface area (Å²) >= 11 is 13.6. The lowest BCUT2D eigenvalue weighted by atomic mass is 10.2. The second-order valence-corrected chi connectivity index (χ2v) is 6.85. The fourth-order valence-electron chi connectivity index (χ4n) is 2.01. The van der Waals surface area contributed by atoms with Crippen molar-refractivity contribution in [2.75, 3.05) is 0 Å². The molecule has 0 radical (unpaired) electrons. The van der Waals surface area contributed by atoms with Crippen molar-refractivity contribution >= 4 is 35.0 Å². The van der Waals surface area contributed by atoms with Gasteiger partial charge in [0.05, 0.1) is 0 Å². The Labute approximate surface area is 158 Å². The highest BCUT2D eigenvalue weighted by Crippen LogP contribution is 2.31. The van der Waals surface area contributed by atoms with Crippen LogP contribution in [0.4, 0.5) is 4.39 Å². The predicted octanol–water partition coefficient (Wildman–Crippen LogP) is 5.95. The molecule has 1 atom stereocenters. The molecule has 3 rings (SSSR count). The summed E-state index contributed by atoms with van der Waals surface area (Å²) in [5, 5.41) is 9.54. The smallest absolute Gasteiger partial charge is 0.277 e. The second kappa shape index (κ2) is 8.08. The zero-order valence-corrected chi connectivity index (χ0v) is 15.4. The molecule has 0 aliphatic rings. The highest BCUT2D eigenvalue weighted by atomic mass is 35.5. The van der Waals surface area contributed by atoms with E-state index in [1.54, 1.807) is 25.1 Å². The minimum atomic E-state index is -0.462. The molecule has 0 amide bonds. The van der Waals surface area contributed by atoms with E-state index in [9.17, 15) is 4.39 Å². The van der Waals surface area contributed by atoms with Crippen molar-refractivity contribution in [1.82, 2.24) is 10.2 Å². The highest BCUT2D eigenvalue weighted by molar-refractivity contribution is 7.98. The van der Waals surface area contributed by atoms with E-state index in [1.165, 1.54) is 36.0 Å². The van der Waals surface area contributed by atoms with E-state index in [2.05, 4.69) is 10.2 Å². The molecular formula is C17H13Cl2FN2O2S. The van der Waals surface area contributed by atoms with Crippen LogP contribution in [0, 0.1) is 5.82 Å². The summed E-state index contributed by atoms with van der Waals surface area (Å²) in [7, 11) is 0. The number of hydrogen-bond acceptors (Lipinski definition) is 5. The van der Waals surface area contributed by atoms with Gasteiger partial charge in [-0.2, -0.15) is 0 Å². The topological polar surface area (TPSA) is 48.2 Å². The van der Waals surface area contributed by atoms with Crippen molar-refractivity contribution in [1.29, 1.82) is 0 Å². The molecule has 0 saturated carbocycles. The van der Waals surface area contributed by atoms with Gasteiger partial charge < -0.3 is 9.15 Å². The fourth-order valence-corrected chi connectivity index (χ4v) is 3.53. The van der Waals surface area contributed by atoms with Gasteiger partial charge in [-0.15, -0.1) is 10.2 Å². The molecule has 4 nitrogen and oxygen atoms in total. The Hall–Kier alpha value is -1.76. The van der Waals surface area contributed by atoms with E-state index >= 15 is 0 Å². The Bertz CT molecular complexity index is 838. The Kier molecular flexibility index (Phi) is 5.83. The molecule has 1 aromatic heterocycles. The molecule has 2 aromatic carbocycles. The minimum Gasteiger partial charge on any atom is -0.481 e. The average Bonchev–Trinajstić information content (AvgIpc) is 3.06. The lowest BCUT2D eigenvalue weighted by Gasteiger charge is -2.10. The first kappa shape index (κ1) is 18.0. The van der Waals surface area contributed by atoms with Crippen LogP contribution in [0.2, 0.25) is 10.0 Å². The van der Waals surface area contributed by atoms with Crippen molar-refractivity contribution in [2.24, 2.45) is 0 Å². The van der Waals surface area contributed by atoms with Crippen molar-refractivity contribution in [3.05, 3.63) is 69.8 Å². The standard InChI is InChI=1S/C17H13Cl2FN2O2S/c1-10(23-12-7-5-11(20)6-8-12)16-21-22-17(24-16)25-9-13-14(18)3-2-4-15(13)19/h2-8,10H,9H2,1H3/t10-/m0/s1. The van der Waals surface area contributed by atoms with Gasteiger partial charge in [0, 0.05) is 15.8 Å². The molecule has 0 bridgehead atoms. The maximum atomic E-state index is 12.9. The lowest BCUT2D eigenvalue weighted by molar-refractivity contribution is 0.181. The van der Waals surface area contributed by atoms with Crippen LogP contribution in [0.5, 0.6) is 5.75 Å². The molecule has 0 saturated heterocycles. The van der Waals surface area contributed by atoms with Crippen LogP contribution in [-0.2, 0) is 5.75 Å². The summed E-state index contributed by atoms with van der Waals surface area (Å²) in [4.78, 5) is 0. The summed E-state index contributed by atoms with van der Waals surface area (Å²) in [6.45, 7) is 1.77. The third-order valence-corrected chi connectivity index (χ3v) is 4.85. The van der Waals surface area contributed by atoms with Crippen LogP contribution in [0.3, 0.4) is 0 Å². The zero-order valence-electron chi connectivity index (χ0n) is 13.1. The first-order valence-electron chi connectivity index (χ1n) is 7.34. The number of rotatable bonds is 6. The van der Waals surface area contributed by atoms with Gasteiger partial charge in [0.1, 0.15) is 11.6 Å². The molecule has 0 aliphatic carbocycles. The largest absolute Gasteiger partial charge is 0.481 e. The second-order valence-electron chi connectivity index (χ2n) is 5.11. The number of ether oxygens (including phenoxy) is 1. The fraction of sp³-hybridized carbons (Fsp3) is 0.176. The normalized spacial score (nSPS) is 12.2. The summed E-state index contributed by atoms with van der Waals surface area (Å²) in [6, 6.07) is 11.1. The minimum absolute atomic E-state index is 0.324. The molecule has 1 heterocycles. The van der Waals surface area contributed by atoms with E-state index in [1.807, 2.05) is 0 Å². The molecule has 3 aromatic rings. The quantitative estimate of drug-likeness (QED) is 0.480. The third-order valence-electron chi connectivity index (χ3n) is 3.30. The Balaban J connectivity index is 1.62. The van der Waals surface area contributed by atoms with Crippen LogP contribution in [0.1, 0.15) is 24.5 Å². The van der Waals surface area contributed by atoms with Gasteiger partial charge >= 0.3 is 0 Å². The molecule has 25 heavy (non-hydrogen) atoms. The number of nitrogens with zero attached hydrogens (tertiary/aromatic N) is 2. The Morgan fingerprint density at radius 1 is 1.12 bits per heavy atom. The molecule has 130 valence electrons. The van der Waals surface area contributed by atoms with Crippen LogP contribution in [-0.4, -0.2) is 10.2 Å². The van der Waals surface area contributed by atoms with Gasteiger partial charge in [0.2, 0.25) is 0 Å². The Morgan fingerprint density at radius 3 is 2.48 bits per heavy atom. The van der Waals surface area contributed by atoms with E-state index in [4.69, 9.17) is 32.4 Å². The highest BCUT2D eigenvalue weighted by Gasteiger charge is 2.17. The number of hydrogen-bond donors (Lipinski definition) is 0. The maximum absolute atomic E-state index is 12.9. The van der Waals surface area contributed by atoms with Crippen LogP contribution in [0.15, 0.2) is 52.1 Å². The van der Waals surface area contributed by atoms with E-state index in [-0.39, 0.29) is 5.82 Å². The van der Waals surface area contributed by atoms with Crippen molar-refractivity contribution in [3.63, 3.8) is 0 Å². The molecule has 0 spiro atoms. The van der Waals surface area contributed by atoms with Gasteiger partial charge in [-0.25, -0.2) is 4.39 Å². The van der Waals surface area contributed by atoms with Crippen molar-refractivity contribution in [3.8, 4) is 5.75 Å². The van der Waals surface area contributed by atoms with Gasteiger partial charge in [-0.3, -0.25) is 0 Å². The van der Waals surface area contributed by atoms with E-state index in [0.717, 1.165) is 5.56 Å². The first-order valence-corrected chi connectivity index (χ1v) is 9.08. The number of aromatic nitrogens is 2. The Morgan fingerprint density at radius 2 is 1.80 bits per heavy atom. The molecule has 0 fully saturated rings. The predicted molar refractivity (Wildman–Crippen MR) is 95.8 cm³/mol. The van der Waals surface area contributed by atoms with Crippen molar-refractivity contribution in [2.45, 2.75) is 24.0 Å². The average molecular weight is 399 g/mol. The summed E-state index contributed by atoms with van der Waals surface area (Å²) in [5.74, 6) is 1.03. The van der Waals surface area contributed by atoms with Gasteiger partial charge in [0.25, 0.3) is 11.1 Å². The molecular weight excluding hydrogens is 386 g/mol. The van der Waals surface area contributed by atoms with E-state index < -0.39 is 6.10 Å². The van der Waals surface area contributed by atoms with Crippen LogP contribution < -0.4 is 4.74 Å². The molecule has 0 unspecified atom stereocenters. The monoisotopic (exact) mass is 398 g/mol. The van der Waals surface area contributed by atoms with Crippen molar-refractivity contribution < 1.29 is 13.5 Å². The lowest BCUT2D eigenvalue weighted by Crippen LogP contribution is -2.03. The van der Waals surface area contributed by atoms with E-state index in [0.29, 0.717) is 32.7 Å². The first-order chi connectivity index (χ1) is 12.0. The summed E-state index contributed by atoms with van der Waals surface area (Å²) < 4.78 is 24.2. The molecule has 8 heteroatoms. The zero-order chi connectivity index (χ0) is 17.8. The third kappa shape index (κ3) is 4.66. The number of halogens is 3. The maximum Gasteiger partial charge on any atom is 0.277 e. The van der Waals surface area contributed by atoms with Crippen LogP contribution >= 0.6 is 35.0 Å². The van der Waals surface area contributed by atoms with Crippen LogP contribution in [0.25, 0.3) is 0 Å². The molecule has 0 N–H and O–H groups in total. The number of thioether (sulfide) groups is 1. The summed E-state index contributed by atoms with van der Waals surface area (Å²) in [5.41, 5.74) is 0.811. The molecule has 0 aliphatic heterocycles. The van der Waals surface area contributed by atoms with Gasteiger partial charge in [-0.05, 0) is 48.9 Å². The van der Waals surface area contributed by atoms with Gasteiger partial charge in [0.15, 0.2) is 6.10 Å². The SMILES string of the molecule is C[C@H](Oc1ccc(F)cc1)c1nnc(SCc2c(Cl)cccc2Cl)o1. The van der Waals surface area contributed by atoms with Gasteiger partial charge in [-0.1, -0.05) is 41.0 Å².